The zero-order valence-corrected chi connectivity index (χ0v) is 27.1. The zero-order chi connectivity index (χ0) is 33.1. The highest BCUT2D eigenvalue weighted by Gasteiger charge is 2.29. The van der Waals surface area contributed by atoms with Crippen LogP contribution < -0.4 is 18.9 Å². The van der Waals surface area contributed by atoms with Gasteiger partial charge in [-0.2, -0.15) is 0 Å². The maximum atomic E-state index is 12.7. The maximum absolute atomic E-state index is 12.7. The number of benzene rings is 2. The van der Waals surface area contributed by atoms with Gasteiger partial charge in [0.2, 0.25) is 5.91 Å². The molecule has 4 rings (SSSR count). The Bertz CT molecular complexity index is 1610. The molecule has 2 heterocycles. The quantitative estimate of drug-likeness (QED) is 0.199. The van der Waals surface area contributed by atoms with Crippen LogP contribution in [-0.2, 0) is 27.5 Å². The molecule has 12 heteroatoms. The normalized spacial score (nSPS) is 14.0. The predicted molar refractivity (Wildman–Crippen MR) is 168 cm³/mol. The Balaban J connectivity index is 1.41. The monoisotopic (exact) mass is 641 g/mol. The SMILES string of the molecule is COc1cc2c(cc1OCC(C)(C)COc1cc3cc(C(=O)CC(C)C(=O)O)sc3cc1OC)CN(C(=O)CC(C)C(=O)O)C2. The number of hydrogen-bond acceptors (Lipinski definition) is 9. The molecule has 0 saturated carbocycles. The first kappa shape index (κ1) is 33.6. The molecule has 0 spiro atoms. The van der Waals surface area contributed by atoms with Crippen LogP contribution in [0.25, 0.3) is 10.1 Å². The number of nitrogens with zero attached hydrogens (tertiary/aromatic N) is 1. The van der Waals surface area contributed by atoms with E-state index in [0.29, 0.717) is 41.0 Å². The van der Waals surface area contributed by atoms with Gasteiger partial charge >= 0.3 is 11.9 Å². The summed E-state index contributed by atoms with van der Waals surface area (Å²) in [5.41, 5.74) is 1.39. The van der Waals surface area contributed by atoms with Gasteiger partial charge in [0, 0.05) is 42.1 Å². The van der Waals surface area contributed by atoms with E-state index in [-0.39, 0.29) is 37.7 Å². The van der Waals surface area contributed by atoms with Crippen molar-refractivity contribution in [1.82, 2.24) is 4.90 Å². The Morgan fingerprint density at radius 1 is 0.800 bits per heavy atom. The third-order valence-electron chi connectivity index (χ3n) is 7.69. The largest absolute Gasteiger partial charge is 0.493 e. The second-order valence-corrected chi connectivity index (χ2v) is 13.3. The number of carbonyl (C=O) groups excluding carboxylic acids is 2. The summed E-state index contributed by atoms with van der Waals surface area (Å²) in [4.78, 5) is 49.8. The number of aliphatic carboxylic acids is 2. The van der Waals surface area contributed by atoms with E-state index in [1.54, 1.807) is 18.1 Å². The number of rotatable bonds is 15. The summed E-state index contributed by atoms with van der Waals surface area (Å²) in [6.45, 7) is 8.32. The number of ketones is 1. The van der Waals surface area contributed by atoms with Crippen LogP contribution in [0.1, 0.15) is 61.3 Å². The summed E-state index contributed by atoms with van der Waals surface area (Å²) in [6.07, 6.45) is -0.137. The van der Waals surface area contributed by atoms with E-state index >= 15 is 0 Å². The molecule has 0 fully saturated rings. The summed E-state index contributed by atoms with van der Waals surface area (Å²) in [7, 11) is 3.09. The van der Waals surface area contributed by atoms with Gasteiger partial charge in [0.25, 0.3) is 0 Å². The molecule has 0 radical (unpaired) electrons. The molecule has 242 valence electrons. The van der Waals surface area contributed by atoms with Crippen LogP contribution in [0.5, 0.6) is 23.0 Å². The van der Waals surface area contributed by atoms with E-state index in [1.807, 2.05) is 38.1 Å². The molecule has 0 aliphatic carbocycles. The Morgan fingerprint density at radius 3 is 1.87 bits per heavy atom. The summed E-state index contributed by atoms with van der Waals surface area (Å²) < 4.78 is 24.4. The van der Waals surface area contributed by atoms with Crippen molar-refractivity contribution < 1.29 is 48.3 Å². The number of thiophene rings is 1. The van der Waals surface area contributed by atoms with Crippen molar-refractivity contribution in [2.45, 2.75) is 53.6 Å². The fourth-order valence-electron chi connectivity index (χ4n) is 4.84. The van der Waals surface area contributed by atoms with E-state index in [2.05, 4.69) is 0 Å². The van der Waals surface area contributed by atoms with Gasteiger partial charge in [0.05, 0.1) is 44.1 Å². The summed E-state index contributed by atoms with van der Waals surface area (Å²) in [6, 6.07) is 9.08. The van der Waals surface area contributed by atoms with Crippen LogP contribution in [0, 0.1) is 17.3 Å². The molecule has 1 amide bonds. The lowest BCUT2D eigenvalue weighted by atomic mass is 9.96. The molecule has 2 N–H and O–H groups in total. The van der Waals surface area contributed by atoms with Gasteiger partial charge in [-0.1, -0.05) is 27.7 Å². The van der Waals surface area contributed by atoms with E-state index in [4.69, 9.17) is 29.2 Å². The Morgan fingerprint density at radius 2 is 1.31 bits per heavy atom. The second kappa shape index (κ2) is 13.8. The number of Topliss-reactive ketones (excluding diaryl/α,β-unsaturated/α-hetero) is 1. The average Bonchev–Trinajstić information content (AvgIpc) is 3.61. The summed E-state index contributed by atoms with van der Waals surface area (Å²) in [5.74, 6) is -1.89. The standard InChI is InChI=1S/C33H39NO10S/c1-18(31(37)38)7-23(35)29-12-20-9-26(25(42-6)13-28(20)45-29)43-16-33(3,4)17-44-27-11-22-15-34(14-21(22)10-24(27)41-5)30(36)8-19(2)32(39)40/h9-13,18-19H,7-8,14-17H2,1-6H3,(H,37,38)(H,39,40). The second-order valence-electron chi connectivity index (χ2n) is 12.2. The molecule has 1 aliphatic rings. The molecule has 2 unspecified atom stereocenters. The van der Waals surface area contributed by atoms with Gasteiger partial charge in [-0.15, -0.1) is 11.3 Å². The Kier molecular flexibility index (Phi) is 10.3. The highest BCUT2D eigenvalue weighted by atomic mass is 32.1. The Labute approximate surface area is 265 Å². The van der Waals surface area contributed by atoms with Crippen molar-refractivity contribution >= 4 is 45.1 Å². The zero-order valence-electron chi connectivity index (χ0n) is 26.3. The average molecular weight is 642 g/mol. The van der Waals surface area contributed by atoms with Crippen LogP contribution in [0.4, 0.5) is 0 Å². The highest BCUT2D eigenvalue weighted by molar-refractivity contribution is 7.20. The van der Waals surface area contributed by atoms with Gasteiger partial charge in [-0.05, 0) is 40.8 Å². The highest BCUT2D eigenvalue weighted by Crippen LogP contribution is 2.39. The molecule has 3 aromatic rings. The van der Waals surface area contributed by atoms with Gasteiger partial charge < -0.3 is 34.1 Å². The lowest BCUT2D eigenvalue weighted by molar-refractivity contribution is -0.145. The van der Waals surface area contributed by atoms with Crippen molar-refractivity contribution in [3.05, 3.63) is 46.3 Å². The van der Waals surface area contributed by atoms with Gasteiger partial charge in [0.1, 0.15) is 0 Å². The molecule has 0 bridgehead atoms. The summed E-state index contributed by atoms with van der Waals surface area (Å²) in [5, 5.41) is 19.1. The molecule has 1 aliphatic heterocycles. The number of amides is 1. The van der Waals surface area contributed by atoms with E-state index in [9.17, 15) is 19.2 Å². The van der Waals surface area contributed by atoms with Gasteiger partial charge in [0.15, 0.2) is 28.8 Å². The molecule has 2 aromatic carbocycles. The van der Waals surface area contributed by atoms with Gasteiger partial charge in [-0.25, -0.2) is 0 Å². The number of fused-ring (bicyclic) bond motifs is 2. The number of hydrogen-bond donors (Lipinski definition) is 2. The predicted octanol–water partition coefficient (Wildman–Crippen LogP) is 5.65. The third kappa shape index (κ3) is 8.05. The molecule has 0 saturated heterocycles. The van der Waals surface area contributed by atoms with Crippen molar-refractivity contribution in [3.8, 4) is 23.0 Å². The number of ether oxygens (including phenoxy) is 4. The molecular formula is C33H39NO10S. The lowest BCUT2D eigenvalue weighted by Crippen LogP contribution is -2.29. The number of carbonyl (C=O) groups is 4. The third-order valence-corrected chi connectivity index (χ3v) is 8.83. The first-order valence-electron chi connectivity index (χ1n) is 14.5. The fraction of sp³-hybridized carbons (Fsp3) is 0.455. The smallest absolute Gasteiger partial charge is 0.306 e. The van der Waals surface area contributed by atoms with Crippen LogP contribution in [0.2, 0.25) is 0 Å². The lowest BCUT2D eigenvalue weighted by Gasteiger charge is -2.26. The minimum absolute atomic E-state index is 0.0620. The molecule has 11 nitrogen and oxygen atoms in total. The van der Waals surface area contributed by atoms with Crippen LogP contribution in [-0.4, -0.2) is 66.2 Å². The number of methoxy groups -OCH3 is 2. The van der Waals surface area contributed by atoms with E-state index in [0.717, 1.165) is 21.2 Å². The molecule has 1 aromatic heterocycles. The summed E-state index contributed by atoms with van der Waals surface area (Å²) >= 11 is 1.29. The number of carboxylic acid groups (broad SMARTS) is 2. The van der Waals surface area contributed by atoms with E-state index < -0.39 is 29.2 Å². The van der Waals surface area contributed by atoms with Gasteiger partial charge in [-0.3, -0.25) is 19.2 Å². The number of carboxylic acids is 2. The van der Waals surface area contributed by atoms with Crippen molar-refractivity contribution in [3.63, 3.8) is 0 Å². The molecular weight excluding hydrogens is 602 g/mol. The van der Waals surface area contributed by atoms with Crippen molar-refractivity contribution in [2.75, 3.05) is 27.4 Å². The maximum Gasteiger partial charge on any atom is 0.306 e. The fourth-order valence-corrected chi connectivity index (χ4v) is 5.87. The molecule has 45 heavy (non-hydrogen) atoms. The van der Waals surface area contributed by atoms with Crippen molar-refractivity contribution in [2.24, 2.45) is 17.3 Å². The van der Waals surface area contributed by atoms with Crippen molar-refractivity contribution in [1.29, 1.82) is 0 Å². The van der Waals surface area contributed by atoms with Crippen LogP contribution >= 0.6 is 11.3 Å². The van der Waals surface area contributed by atoms with Crippen LogP contribution in [0.3, 0.4) is 0 Å². The topological polar surface area (TPSA) is 149 Å². The Hall–Kier alpha value is -4.32. The molecule has 2 atom stereocenters. The first-order valence-corrected chi connectivity index (χ1v) is 15.4. The van der Waals surface area contributed by atoms with E-state index in [1.165, 1.54) is 32.3 Å². The minimum atomic E-state index is -1.01. The first-order chi connectivity index (χ1) is 21.2. The minimum Gasteiger partial charge on any atom is -0.493 e. The van der Waals surface area contributed by atoms with Crippen LogP contribution in [0.15, 0.2) is 30.3 Å².